The maximum absolute atomic E-state index is 5.58. The lowest BCUT2D eigenvalue weighted by Gasteiger charge is -2.24. The first-order valence-corrected chi connectivity index (χ1v) is 9.07. The van der Waals surface area contributed by atoms with Crippen LogP contribution < -0.4 is 5.32 Å². The average Bonchev–Trinajstić information content (AvgIpc) is 3.19. The summed E-state index contributed by atoms with van der Waals surface area (Å²) in [5, 5.41) is 8.61. The summed E-state index contributed by atoms with van der Waals surface area (Å²) in [4.78, 5) is 4.68. The molecule has 1 saturated heterocycles. The molecule has 0 spiro atoms. The zero-order chi connectivity index (χ0) is 13.8. The average molecular weight is 295 g/mol. The van der Waals surface area contributed by atoms with Gasteiger partial charge in [0.15, 0.2) is 5.82 Å². The Hall–Kier alpha value is -0.550. The Morgan fingerprint density at radius 1 is 1.35 bits per heavy atom. The van der Waals surface area contributed by atoms with E-state index in [9.17, 15) is 0 Å². The molecule has 0 aromatic carbocycles. The van der Waals surface area contributed by atoms with Crippen molar-refractivity contribution in [2.24, 2.45) is 0 Å². The minimum atomic E-state index is -0.0436. The number of nitrogens with one attached hydrogen (secondary N) is 1. The lowest BCUT2D eigenvalue weighted by Crippen LogP contribution is -2.37. The van der Waals surface area contributed by atoms with Crippen molar-refractivity contribution in [1.29, 1.82) is 0 Å². The van der Waals surface area contributed by atoms with Crippen molar-refractivity contribution in [1.82, 2.24) is 15.5 Å². The third-order valence-corrected chi connectivity index (χ3v) is 5.92. The van der Waals surface area contributed by atoms with E-state index >= 15 is 0 Å². The van der Waals surface area contributed by atoms with Gasteiger partial charge in [0.2, 0.25) is 5.89 Å². The van der Waals surface area contributed by atoms with Gasteiger partial charge >= 0.3 is 0 Å². The summed E-state index contributed by atoms with van der Waals surface area (Å²) in [5.74, 6) is 2.59. The molecule has 2 heterocycles. The van der Waals surface area contributed by atoms with Crippen molar-refractivity contribution in [3.63, 3.8) is 0 Å². The lowest BCUT2D eigenvalue weighted by atomic mass is 9.92. The van der Waals surface area contributed by atoms with E-state index in [-0.39, 0.29) is 5.54 Å². The smallest absolute Gasteiger partial charge is 0.246 e. The second-order valence-electron chi connectivity index (χ2n) is 6.10. The van der Waals surface area contributed by atoms with Crippen molar-refractivity contribution in [3.05, 3.63) is 11.7 Å². The number of rotatable bonds is 6. The Balaban J connectivity index is 1.62. The summed E-state index contributed by atoms with van der Waals surface area (Å²) < 4.78 is 5.58. The summed E-state index contributed by atoms with van der Waals surface area (Å²) in [6, 6.07) is 0. The molecule has 5 heteroatoms. The van der Waals surface area contributed by atoms with Crippen molar-refractivity contribution >= 4 is 11.8 Å². The molecule has 0 radical (unpaired) electrons. The van der Waals surface area contributed by atoms with E-state index in [1.54, 1.807) is 0 Å². The summed E-state index contributed by atoms with van der Waals surface area (Å²) in [6.45, 7) is 3.28. The number of hydrogen-bond donors (Lipinski definition) is 1. The predicted octanol–water partition coefficient (Wildman–Crippen LogP) is 3.62. The third kappa shape index (κ3) is 3.03. The summed E-state index contributed by atoms with van der Waals surface area (Å²) >= 11 is 2.00. The third-order valence-electron chi connectivity index (χ3n) is 4.55. The van der Waals surface area contributed by atoms with Crippen LogP contribution >= 0.6 is 11.8 Å². The van der Waals surface area contributed by atoms with Crippen LogP contribution in [-0.2, 0) is 11.3 Å². The van der Waals surface area contributed by atoms with Gasteiger partial charge in [-0.1, -0.05) is 31.3 Å². The summed E-state index contributed by atoms with van der Waals surface area (Å²) in [7, 11) is 0. The van der Waals surface area contributed by atoms with Gasteiger partial charge in [-0.3, -0.25) is 0 Å². The molecule has 4 nitrogen and oxygen atoms in total. The zero-order valence-corrected chi connectivity index (χ0v) is 13.2. The topological polar surface area (TPSA) is 51.0 Å². The fourth-order valence-corrected chi connectivity index (χ4v) is 4.66. The van der Waals surface area contributed by atoms with Gasteiger partial charge in [0, 0.05) is 5.25 Å². The van der Waals surface area contributed by atoms with E-state index in [2.05, 4.69) is 22.4 Å². The molecule has 0 bridgehead atoms. The maximum Gasteiger partial charge on any atom is 0.246 e. The number of hydrogen-bond acceptors (Lipinski definition) is 5. The van der Waals surface area contributed by atoms with Gasteiger partial charge in [0.05, 0.1) is 11.3 Å². The molecular formula is C15H25N3OS. The summed E-state index contributed by atoms with van der Waals surface area (Å²) in [5.41, 5.74) is -0.0436. The van der Waals surface area contributed by atoms with E-state index in [0.717, 1.165) is 48.5 Å². The lowest BCUT2D eigenvalue weighted by molar-refractivity contribution is 0.240. The maximum atomic E-state index is 5.58. The first-order chi connectivity index (χ1) is 9.82. The summed E-state index contributed by atoms with van der Waals surface area (Å²) in [6.07, 6.45) is 10.0. The predicted molar refractivity (Wildman–Crippen MR) is 81.7 cm³/mol. The van der Waals surface area contributed by atoms with E-state index < -0.39 is 0 Å². The van der Waals surface area contributed by atoms with Gasteiger partial charge in [-0.15, -0.1) is 0 Å². The van der Waals surface area contributed by atoms with Crippen LogP contribution in [0.15, 0.2) is 4.52 Å². The molecule has 2 aliphatic rings. The van der Waals surface area contributed by atoms with Crippen molar-refractivity contribution in [2.45, 2.75) is 74.8 Å². The first kappa shape index (κ1) is 14.4. The highest BCUT2D eigenvalue weighted by molar-refractivity contribution is 7.99. The van der Waals surface area contributed by atoms with E-state index in [4.69, 9.17) is 4.52 Å². The Morgan fingerprint density at radius 2 is 2.20 bits per heavy atom. The number of nitrogens with zero attached hydrogens (tertiary/aromatic N) is 2. The molecule has 1 aromatic rings. The van der Waals surface area contributed by atoms with Crippen LogP contribution in [0.1, 0.15) is 70.0 Å². The van der Waals surface area contributed by atoms with Gasteiger partial charge < -0.3 is 9.84 Å². The molecule has 20 heavy (non-hydrogen) atoms. The molecule has 1 atom stereocenters. The monoisotopic (exact) mass is 295 g/mol. The van der Waals surface area contributed by atoms with E-state index in [1.165, 1.54) is 32.1 Å². The SMILES string of the molecule is CCCC1(c2nc(CSC3CCCC3)no2)CCCN1. The quantitative estimate of drug-likeness (QED) is 0.868. The van der Waals surface area contributed by atoms with Crippen LogP contribution in [0.25, 0.3) is 0 Å². The fourth-order valence-electron chi connectivity index (χ4n) is 3.49. The largest absolute Gasteiger partial charge is 0.337 e. The van der Waals surface area contributed by atoms with Gasteiger partial charge in [-0.05, 0) is 38.6 Å². The Bertz CT molecular complexity index is 423. The molecule has 1 aliphatic carbocycles. The molecule has 1 saturated carbocycles. The highest BCUT2D eigenvalue weighted by Gasteiger charge is 2.39. The van der Waals surface area contributed by atoms with Crippen molar-refractivity contribution in [3.8, 4) is 0 Å². The molecule has 1 N–H and O–H groups in total. The van der Waals surface area contributed by atoms with Crippen molar-refractivity contribution in [2.75, 3.05) is 6.54 Å². The van der Waals surface area contributed by atoms with Crippen molar-refractivity contribution < 1.29 is 4.52 Å². The number of thioether (sulfide) groups is 1. The molecule has 3 rings (SSSR count). The Labute approximate surface area is 125 Å². The standard InChI is InChI=1S/C15H25N3OS/c1-2-8-15(9-5-10-16-15)14-17-13(18-19-14)11-20-12-6-3-4-7-12/h12,16H,2-11H2,1H3. The molecule has 1 aromatic heterocycles. The molecule has 112 valence electrons. The molecule has 1 aliphatic heterocycles. The fraction of sp³-hybridized carbons (Fsp3) is 0.867. The number of aromatic nitrogens is 2. The Kier molecular flexibility index (Phi) is 4.66. The molecule has 2 fully saturated rings. The molecular weight excluding hydrogens is 270 g/mol. The second-order valence-corrected chi connectivity index (χ2v) is 7.38. The van der Waals surface area contributed by atoms with Crippen LogP contribution in [0, 0.1) is 0 Å². The van der Waals surface area contributed by atoms with E-state index in [1.807, 2.05) is 11.8 Å². The van der Waals surface area contributed by atoms with Gasteiger partial charge in [-0.2, -0.15) is 16.7 Å². The highest BCUT2D eigenvalue weighted by Crippen LogP contribution is 2.35. The van der Waals surface area contributed by atoms with Crippen LogP contribution in [0.3, 0.4) is 0 Å². The first-order valence-electron chi connectivity index (χ1n) is 8.02. The van der Waals surface area contributed by atoms with Crippen LogP contribution in [-0.4, -0.2) is 21.9 Å². The minimum Gasteiger partial charge on any atom is -0.337 e. The van der Waals surface area contributed by atoms with Gasteiger partial charge in [0.25, 0.3) is 0 Å². The van der Waals surface area contributed by atoms with Gasteiger partial charge in [-0.25, -0.2) is 0 Å². The molecule has 1 unspecified atom stereocenters. The molecule has 0 amide bonds. The Morgan fingerprint density at radius 3 is 2.90 bits per heavy atom. The van der Waals surface area contributed by atoms with Crippen LogP contribution in [0.5, 0.6) is 0 Å². The normalized spacial score (nSPS) is 27.4. The highest BCUT2D eigenvalue weighted by atomic mass is 32.2. The van der Waals surface area contributed by atoms with Crippen LogP contribution in [0.4, 0.5) is 0 Å². The zero-order valence-electron chi connectivity index (χ0n) is 12.4. The van der Waals surface area contributed by atoms with Crippen LogP contribution in [0.2, 0.25) is 0 Å². The van der Waals surface area contributed by atoms with Gasteiger partial charge in [0.1, 0.15) is 0 Å². The second kappa shape index (κ2) is 6.48. The minimum absolute atomic E-state index is 0.0436. The van der Waals surface area contributed by atoms with E-state index in [0.29, 0.717) is 0 Å².